The van der Waals surface area contributed by atoms with E-state index in [0.29, 0.717) is 30.3 Å². The van der Waals surface area contributed by atoms with Gasteiger partial charge in [0.25, 0.3) is 5.19 Å². The predicted octanol–water partition coefficient (Wildman–Crippen LogP) is 5.49. The van der Waals surface area contributed by atoms with Gasteiger partial charge in [0.05, 0.1) is 16.8 Å². The molecule has 0 aliphatic carbocycles. The van der Waals surface area contributed by atoms with Gasteiger partial charge in [0.1, 0.15) is 23.2 Å². The third-order valence-corrected chi connectivity index (χ3v) is 6.12. The highest BCUT2D eigenvalue weighted by Crippen LogP contribution is 2.33. The summed E-state index contributed by atoms with van der Waals surface area (Å²) in [6, 6.07) is 15.8. The Balaban J connectivity index is 1.25. The fraction of sp³-hybridized carbons (Fsp3) is 0.273. The number of aromatic nitrogens is 1. The molecule has 0 saturated carbocycles. The monoisotopic (exact) mass is 424 g/mol. The van der Waals surface area contributed by atoms with E-state index in [1.54, 1.807) is 0 Å². The largest absolute Gasteiger partial charge is 0.506 e. The molecule has 3 heterocycles. The summed E-state index contributed by atoms with van der Waals surface area (Å²) in [5.74, 6) is 1.56. The van der Waals surface area contributed by atoms with E-state index in [1.165, 1.54) is 11.3 Å². The van der Waals surface area contributed by atoms with Crippen LogP contribution in [0.1, 0.15) is 18.6 Å². The molecule has 1 aliphatic heterocycles. The fourth-order valence-electron chi connectivity index (χ4n) is 3.75. The molecule has 1 fully saturated rings. The average Bonchev–Trinajstić information content (AvgIpc) is 3.31. The lowest BCUT2D eigenvalue weighted by atomic mass is 10.1. The second-order valence-corrected chi connectivity index (χ2v) is 8.31. The van der Waals surface area contributed by atoms with Gasteiger partial charge in [0.2, 0.25) is 0 Å². The summed E-state index contributed by atoms with van der Waals surface area (Å²) in [5.41, 5.74) is 1.70. The van der Waals surface area contributed by atoms with Crippen LogP contribution in [0.3, 0.4) is 0 Å². The van der Waals surface area contributed by atoms with Gasteiger partial charge in [-0.3, -0.25) is 4.90 Å². The van der Waals surface area contributed by atoms with Crippen molar-refractivity contribution >= 4 is 38.7 Å². The van der Waals surface area contributed by atoms with E-state index >= 15 is 0 Å². The Labute approximate surface area is 176 Å². The quantitative estimate of drug-likeness (QED) is 0.424. The first kappa shape index (κ1) is 18.9. The van der Waals surface area contributed by atoms with E-state index in [4.69, 9.17) is 19.0 Å². The molecule has 2 aromatic heterocycles. The minimum atomic E-state index is -1.20. The number of para-hydroxylation sites is 1. The van der Waals surface area contributed by atoms with Crippen molar-refractivity contribution in [2.24, 2.45) is 0 Å². The number of nitrogens with zero attached hydrogens (tertiary/aromatic N) is 2. The first-order valence-corrected chi connectivity index (χ1v) is 10.6. The van der Waals surface area contributed by atoms with E-state index in [2.05, 4.69) is 9.88 Å². The summed E-state index contributed by atoms with van der Waals surface area (Å²) < 4.78 is 17.9. The molecule has 7 nitrogen and oxygen atoms in total. The zero-order chi connectivity index (χ0) is 20.5. The van der Waals surface area contributed by atoms with Crippen LogP contribution >= 0.6 is 11.3 Å². The minimum Gasteiger partial charge on any atom is -0.460 e. The highest BCUT2D eigenvalue weighted by atomic mass is 32.1. The Morgan fingerprint density at radius 1 is 1.20 bits per heavy atom. The summed E-state index contributed by atoms with van der Waals surface area (Å²) >= 11 is 1.51. The third kappa shape index (κ3) is 4.10. The van der Waals surface area contributed by atoms with Gasteiger partial charge >= 0.3 is 6.16 Å². The number of furan rings is 1. The molecule has 1 saturated heterocycles. The molecule has 0 bridgehead atoms. The molecule has 0 atom stereocenters. The molecule has 0 amide bonds. The number of carbonyl (C=O) groups is 1. The molecule has 154 valence electrons. The van der Waals surface area contributed by atoms with Gasteiger partial charge in [0.15, 0.2) is 0 Å². The zero-order valence-corrected chi connectivity index (χ0v) is 16.9. The summed E-state index contributed by atoms with van der Waals surface area (Å²) in [6.45, 7) is 2.24. The van der Waals surface area contributed by atoms with Crippen molar-refractivity contribution < 1.29 is 23.8 Å². The maximum Gasteiger partial charge on any atom is 0.506 e. The summed E-state index contributed by atoms with van der Waals surface area (Å²) in [7, 11) is 0. The number of piperidine rings is 1. The molecule has 0 spiro atoms. The van der Waals surface area contributed by atoms with Crippen LogP contribution in [0.5, 0.6) is 10.9 Å². The number of hydrogen-bond donors (Lipinski definition) is 1. The van der Waals surface area contributed by atoms with Crippen LogP contribution in [0.4, 0.5) is 4.79 Å². The molecule has 1 aliphatic rings. The van der Waals surface area contributed by atoms with Crippen molar-refractivity contribution in [2.75, 3.05) is 13.1 Å². The predicted molar refractivity (Wildman–Crippen MR) is 113 cm³/mol. The lowest BCUT2D eigenvalue weighted by Gasteiger charge is -2.30. The first-order valence-electron chi connectivity index (χ1n) is 9.80. The highest BCUT2D eigenvalue weighted by molar-refractivity contribution is 7.20. The van der Waals surface area contributed by atoms with Crippen molar-refractivity contribution in [1.82, 2.24) is 9.88 Å². The first-order chi connectivity index (χ1) is 14.6. The Bertz CT molecular complexity index is 1160. The van der Waals surface area contributed by atoms with Gasteiger partial charge in [-0.05, 0) is 43.2 Å². The van der Waals surface area contributed by atoms with Gasteiger partial charge in [-0.2, -0.15) is 0 Å². The number of thiazole rings is 1. The molecule has 1 N–H and O–H groups in total. The Hall–Kier alpha value is -3.10. The third-order valence-electron chi connectivity index (χ3n) is 5.20. The molecule has 30 heavy (non-hydrogen) atoms. The number of hydrogen-bond acceptors (Lipinski definition) is 7. The van der Waals surface area contributed by atoms with Crippen LogP contribution in [0.15, 0.2) is 52.9 Å². The number of rotatable bonds is 5. The molecule has 2 aromatic carbocycles. The van der Waals surface area contributed by atoms with Gasteiger partial charge < -0.3 is 19.0 Å². The number of fused-ring (bicyclic) bond motifs is 2. The van der Waals surface area contributed by atoms with Crippen molar-refractivity contribution in [3.63, 3.8) is 0 Å². The van der Waals surface area contributed by atoms with E-state index in [-0.39, 0.29) is 6.10 Å². The lowest BCUT2D eigenvalue weighted by molar-refractivity contribution is 0.0175. The molecule has 5 rings (SSSR count). The fourth-order valence-corrected chi connectivity index (χ4v) is 4.59. The summed E-state index contributed by atoms with van der Waals surface area (Å²) in [6.07, 6.45) is -0.00873. The molecule has 4 aromatic rings. The maximum atomic E-state index is 10.7. The highest BCUT2D eigenvalue weighted by Gasteiger charge is 2.23. The number of benzene rings is 2. The van der Waals surface area contributed by atoms with Crippen LogP contribution in [0.25, 0.3) is 21.2 Å². The zero-order valence-electron chi connectivity index (χ0n) is 16.1. The standard InChI is InChI=1S/C22H20N2O5S/c25-22(26)29-15-7-9-24(10-8-15)13-17-11-14-5-6-16(12-19(14)27-17)28-21-23-18-3-1-2-4-20(18)30-21/h1-6,11-12,15H,7-10,13H2,(H,25,26). The molecule has 0 radical (unpaired) electrons. The molecule has 8 heteroatoms. The van der Waals surface area contributed by atoms with E-state index in [9.17, 15) is 4.79 Å². The Morgan fingerprint density at radius 3 is 2.83 bits per heavy atom. The van der Waals surface area contributed by atoms with Crippen molar-refractivity contribution in [2.45, 2.75) is 25.5 Å². The number of carboxylic acid groups (broad SMARTS) is 1. The minimum absolute atomic E-state index is 0.211. The van der Waals surface area contributed by atoms with E-state index in [1.807, 2.05) is 48.5 Å². The summed E-state index contributed by atoms with van der Waals surface area (Å²) in [5, 5.41) is 10.4. The number of likely N-dealkylation sites (tertiary alicyclic amines) is 1. The van der Waals surface area contributed by atoms with Gasteiger partial charge in [-0.1, -0.05) is 23.5 Å². The van der Waals surface area contributed by atoms with Crippen LogP contribution in [-0.2, 0) is 11.3 Å². The lowest BCUT2D eigenvalue weighted by Crippen LogP contribution is -2.37. The SMILES string of the molecule is O=C(O)OC1CCN(Cc2cc3ccc(Oc4nc5ccccc5s4)cc3o2)CC1. The Kier molecular flexibility index (Phi) is 5.02. The maximum absolute atomic E-state index is 10.7. The topological polar surface area (TPSA) is 85.0 Å². The Morgan fingerprint density at radius 2 is 2.03 bits per heavy atom. The van der Waals surface area contributed by atoms with Crippen LogP contribution in [-0.4, -0.2) is 40.3 Å². The van der Waals surface area contributed by atoms with E-state index in [0.717, 1.165) is 40.0 Å². The summed E-state index contributed by atoms with van der Waals surface area (Å²) in [4.78, 5) is 17.4. The smallest absolute Gasteiger partial charge is 0.460 e. The second-order valence-electron chi connectivity index (χ2n) is 7.32. The van der Waals surface area contributed by atoms with Crippen LogP contribution in [0, 0.1) is 0 Å². The average molecular weight is 424 g/mol. The number of ether oxygens (including phenoxy) is 2. The second kappa shape index (κ2) is 7.97. The van der Waals surface area contributed by atoms with Crippen LogP contribution in [0.2, 0.25) is 0 Å². The van der Waals surface area contributed by atoms with Crippen molar-refractivity contribution in [3.8, 4) is 10.9 Å². The molecule has 0 unspecified atom stereocenters. The van der Waals surface area contributed by atoms with Gasteiger partial charge in [-0.15, -0.1) is 0 Å². The normalized spacial score (nSPS) is 15.6. The van der Waals surface area contributed by atoms with Crippen molar-refractivity contribution in [1.29, 1.82) is 0 Å². The van der Waals surface area contributed by atoms with Gasteiger partial charge in [-0.25, -0.2) is 9.78 Å². The molecular formula is C22H20N2O5S. The van der Waals surface area contributed by atoms with Crippen LogP contribution < -0.4 is 4.74 Å². The molecular weight excluding hydrogens is 404 g/mol. The van der Waals surface area contributed by atoms with Gasteiger partial charge in [0, 0.05) is 24.5 Å². The van der Waals surface area contributed by atoms with Crippen molar-refractivity contribution in [3.05, 3.63) is 54.3 Å². The van der Waals surface area contributed by atoms with E-state index < -0.39 is 6.16 Å².